The highest BCUT2D eigenvalue weighted by atomic mass is 16.5. The topological polar surface area (TPSA) is 50.5 Å². The van der Waals surface area contributed by atoms with Crippen molar-refractivity contribution in [3.63, 3.8) is 0 Å². The number of benzene rings is 2. The molecule has 0 amide bonds. The van der Waals surface area contributed by atoms with E-state index in [1.54, 1.807) is 7.11 Å². The first kappa shape index (κ1) is 17.2. The average Bonchev–Trinajstić information content (AvgIpc) is 3.11. The van der Waals surface area contributed by atoms with Crippen molar-refractivity contribution in [2.75, 3.05) is 20.3 Å². The first-order chi connectivity index (χ1) is 12.3. The molecule has 25 heavy (non-hydrogen) atoms. The molecule has 0 aliphatic heterocycles. The zero-order valence-electron chi connectivity index (χ0n) is 14.4. The van der Waals surface area contributed by atoms with Crippen LogP contribution in [0.5, 0.6) is 5.75 Å². The first-order valence-electron chi connectivity index (χ1n) is 8.34. The summed E-state index contributed by atoms with van der Waals surface area (Å²) in [5, 5.41) is 13.9. The standard InChI is InChI=1S/C20H23N3O2/c1-25-20-10-6-5-7-18(20)16-22(11-12-24)14-17-13-21-23(15-17)19-8-3-2-4-9-19/h2-10,13,15,24H,11-12,14,16H2,1H3. The van der Waals surface area contributed by atoms with Gasteiger partial charge in [-0.05, 0) is 18.2 Å². The second-order valence-corrected chi connectivity index (χ2v) is 5.87. The van der Waals surface area contributed by atoms with Crippen molar-refractivity contribution in [2.24, 2.45) is 0 Å². The molecule has 1 N–H and O–H groups in total. The molecule has 0 atom stereocenters. The summed E-state index contributed by atoms with van der Waals surface area (Å²) in [6, 6.07) is 18.0. The van der Waals surface area contributed by atoms with Gasteiger partial charge in [0.1, 0.15) is 5.75 Å². The van der Waals surface area contributed by atoms with Crippen molar-refractivity contribution < 1.29 is 9.84 Å². The number of aliphatic hydroxyl groups excluding tert-OH is 1. The Kier molecular flexibility index (Phi) is 5.82. The van der Waals surface area contributed by atoms with Gasteiger partial charge >= 0.3 is 0 Å². The molecule has 0 saturated heterocycles. The minimum absolute atomic E-state index is 0.113. The van der Waals surface area contributed by atoms with Crippen molar-refractivity contribution in [1.82, 2.24) is 14.7 Å². The molecular weight excluding hydrogens is 314 g/mol. The molecule has 2 aromatic carbocycles. The predicted octanol–water partition coefficient (Wildman–Crippen LogP) is 2.88. The van der Waals surface area contributed by atoms with Gasteiger partial charge in [-0.25, -0.2) is 4.68 Å². The maximum Gasteiger partial charge on any atom is 0.123 e. The molecule has 0 radical (unpaired) electrons. The van der Waals surface area contributed by atoms with Crippen LogP contribution in [0, 0.1) is 0 Å². The third-order valence-electron chi connectivity index (χ3n) is 4.07. The van der Waals surface area contributed by atoms with Crippen molar-refractivity contribution in [1.29, 1.82) is 0 Å². The van der Waals surface area contributed by atoms with E-state index < -0.39 is 0 Å². The summed E-state index contributed by atoms with van der Waals surface area (Å²) in [6.45, 7) is 2.13. The predicted molar refractivity (Wildman–Crippen MR) is 97.8 cm³/mol. The van der Waals surface area contributed by atoms with Crippen LogP contribution >= 0.6 is 0 Å². The SMILES string of the molecule is COc1ccccc1CN(CCO)Cc1cnn(-c2ccccc2)c1. The fourth-order valence-electron chi connectivity index (χ4n) is 2.85. The molecule has 3 rings (SSSR count). The second kappa shape index (κ2) is 8.46. The van der Waals surface area contributed by atoms with Crippen molar-refractivity contribution in [2.45, 2.75) is 13.1 Å². The molecule has 0 saturated carbocycles. The highest BCUT2D eigenvalue weighted by Crippen LogP contribution is 2.20. The zero-order chi connectivity index (χ0) is 17.5. The molecule has 1 heterocycles. The third-order valence-corrected chi connectivity index (χ3v) is 4.07. The van der Waals surface area contributed by atoms with Gasteiger partial charge in [0.2, 0.25) is 0 Å². The number of methoxy groups -OCH3 is 1. The summed E-state index contributed by atoms with van der Waals surface area (Å²) in [6.07, 6.45) is 3.90. The van der Waals surface area contributed by atoms with Crippen LogP contribution in [-0.4, -0.2) is 40.0 Å². The van der Waals surface area contributed by atoms with Gasteiger partial charge in [0.25, 0.3) is 0 Å². The first-order valence-corrected chi connectivity index (χ1v) is 8.34. The molecule has 0 fully saturated rings. The summed E-state index contributed by atoms with van der Waals surface area (Å²) in [4.78, 5) is 2.18. The summed E-state index contributed by atoms with van der Waals surface area (Å²) < 4.78 is 7.30. The van der Waals surface area contributed by atoms with E-state index in [0.29, 0.717) is 19.6 Å². The quantitative estimate of drug-likeness (QED) is 0.687. The van der Waals surface area contributed by atoms with Gasteiger partial charge in [0.05, 0.1) is 25.6 Å². The highest BCUT2D eigenvalue weighted by molar-refractivity contribution is 5.33. The van der Waals surface area contributed by atoms with E-state index >= 15 is 0 Å². The average molecular weight is 337 g/mol. The lowest BCUT2D eigenvalue weighted by Gasteiger charge is -2.21. The van der Waals surface area contributed by atoms with E-state index in [2.05, 4.69) is 16.1 Å². The molecule has 130 valence electrons. The van der Waals surface area contributed by atoms with Gasteiger partial charge in [0.15, 0.2) is 0 Å². The fraction of sp³-hybridized carbons (Fsp3) is 0.250. The van der Waals surface area contributed by atoms with Crippen molar-refractivity contribution >= 4 is 0 Å². The number of aliphatic hydroxyl groups is 1. The molecule has 5 heteroatoms. The molecule has 0 aliphatic carbocycles. The van der Waals surface area contributed by atoms with E-state index in [1.165, 1.54) is 0 Å². The highest BCUT2D eigenvalue weighted by Gasteiger charge is 2.11. The van der Waals surface area contributed by atoms with Crippen LogP contribution in [0.2, 0.25) is 0 Å². The van der Waals surface area contributed by atoms with Crippen LogP contribution in [0.1, 0.15) is 11.1 Å². The molecular formula is C20H23N3O2. The Balaban J connectivity index is 1.73. The summed E-state index contributed by atoms with van der Waals surface area (Å²) in [5.41, 5.74) is 3.24. The molecule has 0 bridgehead atoms. The largest absolute Gasteiger partial charge is 0.496 e. The molecule has 0 aliphatic rings. The van der Waals surface area contributed by atoms with Crippen LogP contribution in [0.3, 0.4) is 0 Å². The molecule has 0 unspecified atom stereocenters. The number of hydrogen-bond donors (Lipinski definition) is 1. The Hall–Kier alpha value is -2.63. The smallest absolute Gasteiger partial charge is 0.123 e. The van der Waals surface area contributed by atoms with Gasteiger partial charge in [0, 0.05) is 37.0 Å². The lowest BCUT2D eigenvalue weighted by atomic mass is 10.1. The zero-order valence-corrected chi connectivity index (χ0v) is 14.4. The number of ether oxygens (including phenoxy) is 1. The molecule has 1 aromatic heterocycles. The van der Waals surface area contributed by atoms with Gasteiger partial charge in [-0.1, -0.05) is 36.4 Å². The van der Waals surface area contributed by atoms with Gasteiger partial charge in [-0.15, -0.1) is 0 Å². The monoisotopic (exact) mass is 337 g/mol. The summed E-state index contributed by atoms with van der Waals surface area (Å²) in [5.74, 6) is 0.866. The fourth-order valence-corrected chi connectivity index (χ4v) is 2.85. The van der Waals surface area contributed by atoms with Crippen LogP contribution in [0.15, 0.2) is 67.0 Å². The van der Waals surface area contributed by atoms with E-state index in [9.17, 15) is 5.11 Å². The molecule has 3 aromatic rings. The number of aromatic nitrogens is 2. The van der Waals surface area contributed by atoms with Crippen molar-refractivity contribution in [3.8, 4) is 11.4 Å². The minimum atomic E-state index is 0.113. The lowest BCUT2D eigenvalue weighted by molar-refractivity contribution is 0.183. The summed E-state index contributed by atoms with van der Waals surface area (Å²) >= 11 is 0. The minimum Gasteiger partial charge on any atom is -0.496 e. The van der Waals surface area contributed by atoms with Crippen LogP contribution < -0.4 is 4.74 Å². The van der Waals surface area contributed by atoms with Gasteiger partial charge < -0.3 is 9.84 Å². The van der Waals surface area contributed by atoms with Gasteiger partial charge in [-0.2, -0.15) is 5.10 Å². The van der Waals surface area contributed by atoms with Crippen LogP contribution in [0.4, 0.5) is 0 Å². The normalized spacial score (nSPS) is 11.0. The van der Waals surface area contributed by atoms with E-state index in [0.717, 1.165) is 22.6 Å². The van der Waals surface area contributed by atoms with Crippen LogP contribution in [-0.2, 0) is 13.1 Å². The van der Waals surface area contributed by atoms with E-state index in [1.807, 2.05) is 65.6 Å². The number of para-hydroxylation sites is 2. The van der Waals surface area contributed by atoms with E-state index in [4.69, 9.17) is 4.74 Å². The Morgan fingerprint density at radius 1 is 1.04 bits per heavy atom. The van der Waals surface area contributed by atoms with E-state index in [-0.39, 0.29) is 6.61 Å². The third kappa shape index (κ3) is 4.47. The Morgan fingerprint density at radius 3 is 2.56 bits per heavy atom. The van der Waals surface area contributed by atoms with Crippen LogP contribution in [0.25, 0.3) is 5.69 Å². The number of hydrogen-bond acceptors (Lipinski definition) is 4. The van der Waals surface area contributed by atoms with Crippen molar-refractivity contribution in [3.05, 3.63) is 78.1 Å². The maximum atomic E-state index is 9.41. The Morgan fingerprint density at radius 2 is 1.80 bits per heavy atom. The number of rotatable bonds is 8. The molecule has 5 nitrogen and oxygen atoms in total. The second-order valence-electron chi connectivity index (χ2n) is 5.87. The Labute approximate surface area is 148 Å². The lowest BCUT2D eigenvalue weighted by Crippen LogP contribution is -2.26. The maximum absolute atomic E-state index is 9.41. The van der Waals surface area contributed by atoms with Gasteiger partial charge in [-0.3, -0.25) is 4.90 Å². The summed E-state index contributed by atoms with van der Waals surface area (Å²) in [7, 11) is 1.68. The Bertz CT molecular complexity index is 786. The number of nitrogens with zero attached hydrogens (tertiary/aromatic N) is 3. The molecule has 0 spiro atoms.